The van der Waals surface area contributed by atoms with Crippen molar-refractivity contribution < 1.29 is 14.0 Å². The molecule has 0 aliphatic rings. The quantitative estimate of drug-likeness (QED) is 0.662. The Kier molecular flexibility index (Phi) is 7.58. The van der Waals surface area contributed by atoms with Crippen LogP contribution in [0, 0.1) is 6.92 Å². The lowest BCUT2D eigenvalue weighted by molar-refractivity contribution is -0.121. The van der Waals surface area contributed by atoms with Crippen molar-refractivity contribution in [2.75, 3.05) is 13.1 Å². The SMILES string of the molecule is CC(=O)NCCCCNC(=O)Cc1nc(-c2ccc(C(C)C)cc2)oc1C. The molecule has 6 heteroatoms. The third-order valence-electron chi connectivity index (χ3n) is 4.34. The van der Waals surface area contributed by atoms with E-state index in [1.807, 2.05) is 19.1 Å². The van der Waals surface area contributed by atoms with Crippen molar-refractivity contribution in [3.63, 3.8) is 0 Å². The van der Waals surface area contributed by atoms with Gasteiger partial charge in [-0.05, 0) is 43.4 Å². The van der Waals surface area contributed by atoms with Crippen LogP contribution < -0.4 is 10.6 Å². The monoisotopic (exact) mass is 371 g/mol. The van der Waals surface area contributed by atoms with Crippen molar-refractivity contribution in [2.45, 2.75) is 52.9 Å². The summed E-state index contributed by atoms with van der Waals surface area (Å²) in [5, 5.41) is 5.62. The summed E-state index contributed by atoms with van der Waals surface area (Å²) in [5.74, 6) is 1.57. The number of carbonyl (C=O) groups is 2. The second-order valence-electron chi connectivity index (χ2n) is 7.02. The number of hydrogen-bond acceptors (Lipinski definition) is 4. The van der Waals surface area contributed by atoms with Gasteiger partial charge in [0.1, 0.15) is 5.76 Å². The number of amides is 2. The number of rotatable bonds is 9. The first-order chi connectivity index (χ1) is 12.9. The zero-order valence-corrected chi connectivity index (χ0v) is 16.6. The number of aryl methyl sites for hydroxylation is 1. The third kappa shape index (κ3) is 6.55. The highest BCUT2D eigenvalue weighted by Crippen LogP contribution is 2.24. The van der Waals surface area contributed by atoms with Gasteiger partial charge in [-0.25, -0.2) is 4.98 Å². The van der Waals surface area contributed by atoms with Gasteiger partial charge in [0.2, 0.25) is 17.7 Å². The highest BCUT2D eigenvalue weighted by molar-refractivity contribution is 5.78. The van der Waals surface area contributed by atoms with Crippen LogP contribution in [0.2, 0.25) is 0 Å². The van der Waals surface area contributed by atoms with Crippen LogP contribution in [0.15, 0.2) is 28.7 Å². The summed E-state index contributed by atoms with van der Waals surface area (Å²) in [5.41, 5.74) is 2.83. The zero-order valence-electron chi connectivity index (χ0n) is 16.6. The second kappa shape index (κ2) is 9.90. The minimum absolute atomic E-state index is 0.0322. The van der Waals surface area contributed by atoms with Gasteiger partial charge >= 0.3 is 0 Å². The molecule has 2 N–H and O–H groups in total. The first-order valence-corrected chi connectivity index (χ1v) is 9.44. The molecule has 1 heterocycles. The molecule has 0 fully saturated rings. The molecular weight excluding hydrogens is 342 g/mol. The van der Waals surface area contributed by atoms with Crippen LogP contribution in [0.25, 0.3) is 11.5 Å². The Balaban J connectivity index is 1.85. The number of carbonyl (C=O) groups excluding carboxylic acids is 2. The fourth-order valence-electron chi connectivity index (χ4n) is 2.68. The molecule has 1 aromatic heterocycles. The molecule has 0 saturated heterocycles. The van der Waals surface area contributed by atoms with Crippen LogP contribution in [-0.2, 0) is 16.0 Å². The van der Waals surface area contributed by atoms with E-state index >= 15 is 0 Å². The molecule has 0 bridgehead atoms. The van der Waals surface area contributed by atoms with Gasteiger partial charge in [-0.1, -0.05) is 26.0 Å². The van der Waals surface area contributed by atoms with E-state index in [0.717, 1.165) is 18.4 Å². The second-order valence-corrected chi connectivity index (χ2v) is 7.02. The van der Waals surface area contributed by atoms with Gasteiger partial charge in [-0.2, -0.15) is 0 Å². The van der Waals surface area contributed by atoms with Gasteiger partial charge in [0.25, 0.3) is 0 Å². The molecule has 6 nitrogen and oxygen atoms in total. The van der Waals surface area contributed by atoms with Gasteiger partial charge < -0.3 is 15.1 Å². The molecule has 2 amide bonds. The van der Waals surface area contributed by atoms with E-state index < -0.39 is 0 Å². The Morgan fingerprint density at radius 3 is 2.30 bits per heavy atom. The molecule has 0 spiro atoms. The Labute approximate surface area is 160 Å². The van der Waals surface area contributed by atoms with Crippen molar-refractivity contribution >= 4 is 11.8 Å². The lowest BCUT2D eigenvalue weighted by Crippen LogP contribution is -2.27. The number of oxazole rings is 1. The lowest BCUT2D eigenvalue weighted by atomic mass is 10.0. The largest absolute Gasteiger partial charge is 0.441 e. The predicted molar refractivity (Wildman–Crippen MR) is 105 cm³/mol. The van der Waals surface area contributed by atoms with Gasteiger partial charge in [0, 0.05) is 25.6 Å². The highest BCUT2D eigenvalue weighted by atomic mass is 16.4. The maximum Gasteiger partial charge on any atom is 0.226 e. The smallest absolute Gasteiger partial charge is 0.226 e. The van der Waals surface area contributed by atoms with Crippen LogP contribution in [0.1, 0.15) is 56.5 Å². The van der Waals surface area contributed by atoms with Gasteiger partial charge in [-0.3, -0.25) is 9.59 Å². The van der Waals surface area contributed by atoms with E-state index in [9.17, 15) is 9.59 Å². The molecule has 27 heavy (non-hydrogen) atoms. The molecule has 2 aromatic rings. The average Bonchev–Trinajstić information content (AvgIpc) is 2.98. The summed E-state index contributed by atoms with van der Waals surface area (Å²) in [4.78, 5) is 27.4. The molecule has 0 aliphatic heterocycles. The summed E-state index contributed by atoms with van der Waals surface area (Å²) in [7, 11) is 0. The maximum atomic E-state index is 12.1. The first-order valence-electron chi connectivity index (χ1n) is 9.44. The van der Waals surface area contributed by atoms with Crippen LogP contribution in [0.3, 0.4) is 0 Å². The number of benzene rings is 1. The standard InChI is InChI=1S/C21H29N3O3/c1-14(2)17-7-9-18(10-8-17)21-24-19(15(3)27-21)13-20(26)23-12-6-5-11-22-16(4)25/h7-10,14H,5-6,11-13H2,1-4H3,(H,22,25)(H,23,26). The molecule has 0 aliphatic carbocycles. The Morgan fingerprint density at radius 1 is 1.07 bits per heavy atom. The van der Waals surface area contributed by atoms with Gasteiger partial charge in [-0.15, -0.1) is 0 Å². The van der Waals surface area contributed by atoms with Crippen molar-refractivity contribution in [2.24, 2.45) is 0 Å². The predicted octanol–water partition coefficient (Wildman–Crippen LogP) is 3.35. The zero-order chi connectivity index (χ0) is 19.8. The van der Waals surface area contributed by atoms with Crippen LogP contribution in [0.5, 0.6) is 0 Å². The number of aromatic nitrogens is 1. The van der Waals surface area contributed by atoms with E-state index in [1.54, 1.807) is 0 Å². The summed E-state index contributed by atoms with van der Waals surface area (Å²) < 4.78 is 5.75. The summed E-state index contributed by atoms with van der Waals surface area (Å²) in [6.07, 6.45) is 1.85. The van der Waals surface area contributed by atoms with Crippen LogP contribution in [0.4, 0.5) is 0 Å². The van der Waals surface area contributed by atoms with E-state index in [2.05, 4.69) is 41.6 Å². The Bertz CT molecular complexity index is 763. The summed E-state index contributed by atoms with van der Waals surface area (Å²) in [6.45, 7) is 8.84. The molecule has 2 rings (SSSR count). The fourth-order valence-corrected chi connectivity index (χ4v) is 2.68. The molecule has 146 valence electrons. The van der Waals surface area contributed by atoms with Gasteiger partial charge in [0.15, 0.2) is 0 Å². The first kappa shape index (κ1) is 20.7. The topological polar surface area (TPSA) is 84.2 Å². The number of nitrogens with zero attached hydrogens (tertiary/aromatic N) is 1. The molecule has 0 radical (unpaired) electrons. The van der Waals surface area contributed by atoms with Gasteiger partial charge in [0.05, 0.1) is 12.1 Å². The molecule has 0 atom stereocenters. The average molecular weight is 371 g/mol. The van der Waals surface area contributed by atoms with E-state index in [0.29, 0.717) is 36.4 Å². The summed E-state index contributed by atoms with van der Waals surface area (Å²) in [6, 6.07) is 8.15. The van der Waals surface area contributed by atoms with E-state index in [-0.39, 0.29) is 18.2 Å². The third-order valence-corrected chi connectivity index (χ3v) is 4.34. The number of unbranched alkanes of at least 4 members (excludes halogenated alkanes) is 1. The molecule has 1 aromatic carbocycles. The minimum Gasteiger partial charge on any atom is -0.441 e. The number of hydrogen-bond donors (Lipinski definition) is 2. The minimum atomic E-state index is -0.0763. The molecule has 0 unspecified atom stereocenters. The van der Waals surface area contributed by atoms with Crippen molar-refractivity contribution in [1.82, 2.24) is 15.6 Å². The number of nitrogens with one attached hydrogen (secondary N) is 2. The fraction of sp³-hybridized carbons (Fsp3) is 0.476. The van der Waals surface area contributed by atoms with Crippen LogP contribution in [-0.4, -0.2) is 29.9 Å². The lowest BCUT2D eigenvalue weighted by Gasteiger charge is -2.05. The van der Waals surface area contributed by atoms with Crippen molar-refractivity contribution in [3.8, 4) is 11.5 Å². The normalized spacial score (nSPS) is 10.9. The highest BCUT2D eigenvalue weighted by Gasteiger charge is 2.14. The molecular formula is C21H29N3O3. The van der Waals surface area contributed by atoms with E-state index in [1.165, 1.54) is 12.5 Å². The van der Waals surface area contributed by atoms with Crippen LogP contribution >= 0.6 is 0 Å². The Morgan fingerprint density at radius 2 is 1.70 bits per heavy atom. The summed E-state index contributed by atoms with van der Waals surface area (Å²) >= 11 is 0. The van der Waals surface area contributed by atoms with Crippen molar-refractivity contribution in [3.05, 3.63) is 41.3 Å². The van der Waals surface area contributed by atoms with E-state index in [4.69, 9.17) is 4.42 Å². The maximum absolute atomic E-state index is 12.1. The Hall–Kier alpha value is -2.63. The van der Waals surface area contributed by atoms with Crippen molar-refractivity contribution in [1.29, 1.82) is 0 Å². The molecule has 0 saturated carbocycles.